The fraction of sp³-hybridized carbons (Fsp3) is 0. The first-order valence-corrected chi connectivity index (χ1v) is 4.39. The van der Waals surface area contributed by atoms with E-state index >= 15 is 0 Å². The number of rotatable bonds is 1. The second-order valence-corrected chi connectivity index (χ2v) is 3.33. The molecule has 0 amide bonds. The molecule has 0 saturated carbocycles. The lowest BCUT2D eigenvalue weighted by Crippen LogP contribution is -2.06. The van der Waals surface area contributed by atoms with Crippen molar-refractivity contribution in [1.82, 2.24) is 9.97 Å². The first-order valence-electron chi connectivity index (χ1n) is 3.94. The summed E-state index contributed by atoms with van der Waals surface area (Å²) in [7, 11) is 0. The van der Waals surface area contributed by atoms with Gasteiger partial charge in [-0.05, 0) is 6.07 Å². The minimum atomic E-state index is -0.589. The van der Waals surface area contributed by atoms with Gasteiger partial charge in [0.15, 0.2) is 0 Å². The number of H-pyrrole nitrogens is 1. The highest BCUT2D eigenvalue weighted by Gasteiger charge is 2.14. The Balaban J connectivity index is 2.90. The standard InChI is InChI=1S/C8H5N3O3S/c12-8-4-1-6(11(13)14)7(15)2-5(4)9-3-10-8/h1-3,15H,(H,9,10,12). The maximum atomic E-state index is 11.3. The molecule has 0 unspecified atom stereocenters. The number of nitrogens with zero attached hydrogens (tertiary/aromatic N) is 2. The van der Waals surface area contributed by atoms with Crippen molar-refractivity contribution in [1.29, 1.82) is 0 Å². The Morgan fingerprint density at radius 1 is 1.47 bits per heavy atom. The van der Waals surface area contributed by atoms with Crippen molar-refractivity contribution in [2.75, 3.05) is 0 Å². The van der Waals surface area contributed by atoms with Crippen LogP contribution in [0.15, 0.2) is 28.2 Å². The highest BCUT2D eigenvalue weighted by atomic mass is 32.1. The number of fused-ring (bicyclic) bond motifs is 1. The predicted octanol–water partition coefficient (Wildman–Crippen LogP) is 1.12. The van der Waals surface area contributed by atoms with Crippen LogP contribution in [0.25, 0.3) is 10.9 Å². The van der Waals surface area contributed by atoms with E-state index in [0.29, 0.717) is 5.52 Å². The Kier molecular flexibility index (Phi) is 2.16. The van der Waals surface area contributed by atoms with Crippen molar-refractivity contribution in [2.24, 2.45) is 0 Å². The molecule has 0 spiro atoms. The zero-order valence-corrected chi connectivity index (χ0v) is 8.19. The van der Waals surface area contributed by atoms with Crippen LogP contribution in [0.1, 0.15) is 0 Å². The highest BCUT2D eigenvalue weighted by Crippen LogP contribution is 2.25. The molecule has 0 aliphatic heterocycles. The van der Waals surface area contributed by atoms with Gasteiger partial charge < -0.3 is 4.98 Å². The van der Waals surface area contributed by atoms with Crippen molar-refractivity contribution in [3.63, 3.8) is 0 Å². The van der Waals surface area contributed by atoms with E-state index < -0.39 is 10.5 Å². The summed E-state index contributed by atoms with van der Waals surface area (Å²) in [6, 6.07) is 2.56. The molecule has 0 aliphatic rings. The molecule has 0 saturated heterocycles. The van der Waals surface area contributed by atoms with Crippen LogP contribution in [0.4, 0.5) is 5.69 Å². The SMILES string of the molecule is O=c1[nH]cnc2cc(S)c([N+](=O)[O-])cc12. The van der Waals surface area contributed by atoms with Gasteiger partial charge in [0, 0.05) is 6.07 Å². The number of benzene rings is 1. The van der Waals surface area contributed by atoms with Crippen molar-refractivity contribution >= 4 is 29.2 Å². The molecule has 7 heteroatoms. The lowest BCUT2D eigenvalue weighted by molar-refractivity contribution is -0.387. The Labute approximate surface area is 88.5 Å². The van der Waals surface area contributed by atoms with Gasteiger partial charge in [-0.3, -0.25) is 14.9 Å². The number of aromatic nitrogens is 2. The summed E-state index contributed by atoms with van der Waals surface area (Å²) in [5, 5.41) is 10.8. The maximum absolute atomic E-state index is 11.3. The van der Waals surface area contributed by atoms with E-state index in [9.17, 15) is 14.9 Å². The number of nitro benzene ring substituents is 1. The maximum Gasteiger partial charge on any atom is 0.283 e. The van der Waals surface area contributed by atoms with E-state index in [0.717, 1.165) is 0 Å². The molecule has 15 heavy (non-hydrogen) atoms. The normalized spacial score (nSPS) is 10.5. The largest absolute Gasteiger partial charge is 0.313 e. The number of nitro groups is 1. The molecular weight excluding hydrogens is 218 g/mol. The minimum Gasteiger partial charge on any atom is -0.313 e. The molecule has 0 fully saturated rings. The summed E-state index contributed by atoms with van der Waals surface area (Å²) >= 11 is 3.95. The second kappa shape index (κ2) is 3.35. The van der Waals surface area contributed by atoms with E-state index in [-0.39, 0.29) is 16.0 Å². The van der Waals surface area contributed by atoms with E-state index in [4.69, 9.17) is 0 Å². The number of hydrogen-bond acceptors (Lipinski definition) is 5. The number of hydrogen-bond donors (Lipinski definition) is 2. The molecule has 1 aromatic carbocycles. The third-order valence-electron chi connectivity index (χ3n) is 1.93. The smallest absolute Gasteiger partial charge is 0.283 e. The third kappa shape index (κ3) is 1.57. The number of thiol groups is 1. The molecule has 76 valence electrons. The van der Waals surface area contributed by atoms with Gasteiger partial charge in [-0.15, -0.1) is 12.6 Å². The van der Waals surface area contributed by atoms with Gasteiger partial charge in [-0.1, -0.05) is 0 Å². The van der Waals surface area contributed by atoms with Crippen LogP contribution in [-0.4, -0.2) is 14.9 Å². The van der Waals surface area contributed by atoms with Gasteiger partial charge in [0.1, 0.15) is 0 Å². The predicted molar refractivity (Wildman–Crippen MR) is 56.3 cm³/mol. The number of aromatic amines is 1. The average molecular weight is 223 g/mol. The number of nitrogens with one attached hydrogen (secondary N) is 1. The Morgan fingerprint density at radius 3 is 2.87 bits per heavy atom. The average Bonchev–Trinajstić information content (AvgIpc) is 2.16. The highest BCUT2D eigenvalue weighted by molar-refractivity contribution is 7.80. The van der Waals surface area contributed by atoms with E-state index in [1.54, 1.807) is 0 Å². The van der Waals surface area contributed by atoms with Crippen LogP contribution in [0.3, 0.4) is 0 Å². The molecule has 2 rings (SSSR count). The molecule has 0 radical (unpaired) electrons. The lowest BCUT2D eigenvalue weighted by atomic mass is 10.2. The van der Waals surface area contributed by atoms with E-state index in [1.807, 2.05) is 0 Å². The molecule has 2 aromatic rings. The van der Waals surface area contributed by atoms with Crippen LogP contribution in [0, 0.1) is 10.1 Å². The molecule has 6 nitrogen and oxygen atoms in total. The quantitative estimate of drug-likeness (QED) is 0.430. The molecular formula is C8H5N3O3S. The summed E-state index contributed by atoms with van der Waals surface area (Å²) in [6.07, 6.45) is 1.24. The Morgan fingerprint density at radius 2 is 2.20 bits per heavy atom. The van der Waals surface area contributed by atoms with Crippen LogP contribution in [-0.2, 0) is 0 Å². The van der Waals surface area contributed by atoms with Crippen molar-refractivity contribution in [3.05, 3.63) is 38.9 Å². The van der Waals surface area contributed by atoms with Crippen LogP contribution >= 0.6 is 12.6 Å². The van der Waals surface area contributed by atoms with Gasteiger partial charge >= 0.3 is 0 Å². The topological polar surface area (TPSA) is 88.9 Å². The third-order valence-corrected chi connectivity index (χ3v) is 2.29. The van der Waals surface area contributed by atoms with Gasteiger partial charge in [-0.25, -0.2) is 4.98 Å². The monoisotopic (exact) mass is 223 g/mol. The first-order chi connectivity index (χ1) is 7.09. The minimum absolute atomic E-state index is 0.182. The van der Waals surface area contributed by atoms with Crippen LogP contribution in [0.5, 0.6) is 0 Å². The molecule has 0 atom stereocenters. The molecule has 0 bridgehead atoms. The van der Waals surface area contributed by atoms with Gasteiger partial charge in [0.2, 0.25) is 0 Å². The van der Waals surface area contributed by atoms with Crippen LogP contribution in [0.2, 0.25) is 0 Å². The van der Waals surface area contributed by atoms with Gasteiger partial charge in [0.25, 0.3) is 11.2 Å². The Bertz CT molecular complexity index is 608. The molecule has 0 aliphatic carbocycles. The van der Waals surface area contributed by atoms with Crippen molar-refractivity contribution in [2.45, 2.75) is 4.90 Å². The molecule has 1 N–H and O–H groups in total. The van der Waals surface area contributed by atoms with E-state index in [2.05, 4.69) is 22.6 Å². The summed E-state index contributed by atoms with van der Waals surface area (Å²) < 4.78 is 0. The molecule has 1 heterocycles. The van der Waals surface area contributed by atoms with Gasteiger partial charge in [0.05, 0.1) is 27.0 Å². The van der Waals surface area contributed by atoms with Crippen LogP contribution < -0.4 is 5.56 Å². The zero-order valence-electron chi connectivity index (χ0n) is 7.30. The summed E-state index contributed by atoms with van der Waals surface area (Å²) in [5.41, 5.74) is -0.227. The van der Waals surface area contributed by atoms with Crippen molar-refractivity contribution < 1.29 is 4.92 Å². The van der Waals surface area contributed by atoms with Gasteiger partial charge in [-0.2, -0.15) is 0 Å². The molecule has 1 aromatic heterocycles. The summed E-state index contributed by atoms with van der Waals surface area (Å²) in [5.74, 6) is 0. The Hall–Kier alpha value is -1.89. The fourth-order valence-electron chi connectivity index (χ4n) is 1.24. The fourth-order valence-corrected chi connectivity index (χ4v) is 1.51. The second-order valence-electron chi connectivity index (χ2n) is 2.85. The zero-order chi connectivity index (χ0) is 11.0. The van der Waals surface area contributed by atoms with Crippen molar-refractivity contribution in [3.8, 4) is 0 Å². The summed E-state index contributed by atoms with van der Waals surface area (Å²) in [4.78, 5) is 27.7. The van der Waals surface area contributed by atoms with E-state index in [1.165, 1.54) is 18.5 Å². The first kappa shape index (κ1) is 9.66. The summed E-state index contributed by atoms with van der Waals surface area (Å²) in [6.45, 7) is 0. The lowest BCUT2D eigenvalue weighted by Gasteiger charge is -1.98.